The van der Waals surface area contributed by atoms with Crippen molar-refractivity contribution in [3.05, 3.63) is 47.0 Å². The molecule has 0 fully saturated rings. The van der Waals surface area contributed by atoms with E-state index in [0.717, 1.165) is 16.9 Å². The first-order chi connectivity index (χ1) is 13.1. The number of rotatable bonds is 8. The highest BCUT2D eigenvalue weighted by molar-refractivity contribution is 8.00. The predicted molar refractivity (Wildman–Crippen MR) is 107 cm³/mol. The molecule has 0 bridgehead atoms. The SMILES string of the molecule is COc1cc(OC)c(OC)cc1CNC(=O)CSc1ccc2c(c1)CCC2. The predicted octanol–water partition coefficient (Wildman–Crippen LogP) is 3.61. The molecule has 1 N–H and O–H groups in total. The summed E-state index contributed by atoms with van der Waals surface area (Å²) in [6.07, 6.45) is 3.56. The second-order valence-electron chi connectivity index (χ2n) is 6.37. The zero-order valence-corrected chi connectivity index (χ0v) is 16.8. The second kappa shape index (κ2) is 9.04. The molecule has 1 aliphatic carbocycles. The van der Waals surface area contributed by atoms with Crippen molar-refractivity contribution >= 4 is 17.7 Å². The Labute approximate surface area is 164 Å². The first-order valence-electron chi connectivity index (χ1n) is 8.94. The molecular formula is C21H25NO4S. The van der Waals surface area contributed by atoms with Crippen LogP contribution in [-0.2, 0) is 24.2 Å². The summed E-state index contributed by atoms with van der Waals surface area (Å²) in [4.78, 5) is 13.4. The van der Waals surface area contributed by atoms with Crippen molar-refractivity contribution in [3.8, 4) is 17.2 Å². The molecule has 0 unspecified atom stereocenters. The van der Waals surface area contributed by atoms with E-state index in [2.05, 4.69) is 23.5 Å². The highest BCUT2D eigenvalue weighted by atomic mass is 32.2. The highest BCUT2D eigenvalue weighted by Crippen LogP contribution is 2.34. The van der Waals surface area contributed by atoms with Crippen LogP contribution in [0.1, 0.15) is 23.1 Å². The molecule has 2 aromatic carbocycles. The van der Waals surface area contributed by atoms with Gasteiger partial charge in [0, 0.05) is 23.1 Å². The number of aryl methyl sites for hydroxylation is 2. The Morgan fingerprint density at radius 1 is 0.963 bits per heavy atom. The van der Waals surface area contributed by atoms with E-state index >= 15 is 0 Å². The normalized spacial score (nSPS) is 12.4. The summed E-state index contributed by atoms with van der Waals surface area (Å²) < 4.78 is 16.0. The molecule has 5 nitrogen and oxygen atoms in total. The van der Waals surface area contributed by atoms with E-state index in [1.807, 2.05) is 6.07 Å². The van der Waals surface area contributed by atoms with Crippen molar-refractivity contribution in [3.63, 3.8) is 0 Å². The smallest absolute Gasteiger partial charge is 0.230 e. The number of hydrogen-bond acceptors (Lipinski definition) is 5. The number of carbonyl (C=O) groups is 1. The molecule has 0 atom stereocenters. The van der Waals surface area contributed by atoms with Gasteiger partial charge in [0.1, 0.15) is 5.75 Å². The topological polar surface area (TPSA) is 56.8 Å². The average Bonchev–Trinajstić information content (AvgIpc) is 3.17. The lowest BCUT2D eigenvalue weighted by Crippen LogP contribution is -2.24. The lowest BCUT2D eigenvalue weighted by atomic mass is 10.1. The number of benzene rings is 2. The fourth-order valence-electron chi connectivity index (χ4n) is 3.26. The van der Waals surface area contributed by atoms with Crippen molar-refractivity contribution in [2.75, 3.05) is 27.1 Å². The van der Waals surface area contributed by atoms with Crippen LogP contribution in [0.3, 0.4) is 0 Å². The second-order valence-corrected chi connectivity index (χ2v) is 7.42. The van der Waals surface area contributed by atoms with Crippen LogP contribution >= 0.6 is 11.8 Å². The third-order valence-electron chi connectivity index (χ3n) is 4.70. The number of methoxy groups -OCH3 is 3. The fourth-order valence-corrected chi connectivity index (χ4v) is 4.05. The van der Waals surface area contributed by atoms with E-state index in [1.54, 1.807) is 39.2 Å². The van der Waals surface area contributed by atoms with Crippen molar-refractivity contribution < 1.29 is 19.0 Å². The van der Waals surface area contributed by atoms with Crippen LogP contribution in [-0.4, -0.2) is 33.0 Å². The molecule has 27 heavy (non-hydrogen) atoms. The minimum absolute atomic E-state index is 0.0164. The number of carbonyl (C=O) groups excluding carboxylic acids is 1. The number of amides is 1. The zero-order chi connectivity index (χ0) is 19.2. The number of thioether (sulfide) groups is 1. The molecule has 0 aromatic heterocycles. The Balaban J connectivity index is 1.57. The van der Waals surface area contributed by atoms with E-state index in [1.165, 1.54) is 24.0 Å². The third-order valence-corrected chi connectivity index (χ3v) is 5.70. The molecule has 2 aromatic rings. The van der Waals surface area contributed by atoms with Crippen LogP contribution in [0.25, 0.3) is 0 Å². The van der Waals surface area contributed by atoms with Gasteiger partial charge in [0.2, 0.25) is 5.91 Å². The Morgan fingerprint density at radius 2 is 1.67 bits per heavy atom. The Bertz CT molecular complexity index is 822. The van der Waals surface area contributed by atoms with Crippen LogP contribution in [0.15, 0.2) is 35.2 Å². The molecule has 0 saturated heterocycles. The highest BCUT2D eigenvalue weighted by Gasteiger charge is 2.14. The molecule has 0 aliphatic heterocycles. The maximum absolute atomic E-state index is 12.3. The summed E-state index contributed by atoms with van der Waals surface area (Å²) in [5, 5.41) is 2.95. The lowest BCUT2D eigenvalue weighted by molar-refractivity contribution is -0.118. The van der Waals surface area contributed by atoms with Crippen LogP contribution in [0.5, 0.6) is 17.2 Å². The van der Waals surface area contributed by atoms with Crippen LogP contribution in [0, 0.1) is 0 Å². The zero-order valence-electron chi connectivity index (χ0n) is 16.0. The monoisotopic (exact) mass is 387 g/mol. The lowest BCUT2D eigenvalue weighted by Gasteiger charge is -2.14. The Kier molecular flexibility index (Phi) is 6.50. The van der Waals surface area contributed by atoms with E-state index in [0.29, 0.717) is 29.5 Å². The molecule has 3 rings (SSSR count). The van der Waals surface area contributed by atoms with Gasteiger partial charge >= 0.3 is 0 Å². The summed E-state index contributed by atoms with van der Waals surface area (Å²) >= 11 is 1.57. The number of hydrogen-bond donors (Lipinski definition) is 1. The number of nitrogens with one attached hydrogen (secondary N) is 1. The maximum atomic E-state index is 12.3. The van der Waals surface area contributed by atoms with E-state index in [9.17, 15) is 4.79 Å². The molecule has 144 valence electrons. The summed E-state index contributed by atoms with van der Waals surface area (Å²) in [5.74, 6) is 2.22. The number of ether oxygens (including phenoxy) is 3. The van der Waals surface area contributed by atoms with Crippen molar-refractivity contribution in [1.29, 1.82) is 0 Å². The van der Waals surface area contributed by atoms with Crippen LogP contribution in [0.2, 0.25) is 0 Å². The minimum Gasteiger partial charge on any atom is -0.496 e. The molecular weight excluding hydrogens is 362 g/mol. The van der Waals surface area contributed by atoms with E-state index < -0.39 is 0 Å². The van der Waals surface area contributed by atoms with Gasteiger partial charge in [-0.25, -0.2) is 0 Å². The van der Waals surface area contributed by atoms with Gasteiger partial charge in [-0.2, -0.15) is 0 Å². The molecule has 1 amide bonds. The maximum Gasteiger partial charge on any atom is 0.230 e. The summed E-state index contributed by atoms with van der Waals surface area (Å²) in [7, 11) is 4.76. The van der Waals surface area contributed by atoms with Gasteiger partial charge in [0.05, 0.1) is 27.1 Å². The molecule has 0 heterocycles. The summed E-state index contributed by atoms with van der Waals surface area (Å²) in [5.41, 5.74) is 3.71. The fraction of sp³-hybridized carbons (Fsp3) is 0.381. The first-order valence-corrected chi connectivity index (χ1v) is 9.93. The first kappa shape index (κ1) is 19.4. The molecule has 0 saturated carbocycles. The van der Waals surface area contributed by atoms with Gasteiger partial charge in [0.25, 0.3) is 0 Å². The molecule has 1 aliphatic rings. The quantitative estimate of drug-likeness (QED) is 0.701. The van der Waals surface area contributed by atoms with E-state index in [4.69, 9.17) is 14.2 Å². The summed E-state index contributed by atoms with van der Waals surface area (Å²) in [6.45, 7) is 0.368. The van der Waals surface area contributed by atoms with Crippen LogP contribution < -0.4 is 19.5 Å². The van der Waals surface area contributed by atoms with Crippen LogP contribution in [0.4, 0.5) is 0 Å². The standard InChI is InChI=1S/C21H25NO4S/c1-24-18-11-20(26-3)19(25-2)10-16(18)12-22-21(23)13-27-17-8-7-14-5-4-6-15(14)9-17/h7-11H,4-6,12-13H2,1-3H3,(H,22,23). The third kappa shape index (κ3) is 4.69. The van der Waals surface area contributed by atoms with Crippen molar-refractivity contribution in [2.24, 2.45) is 0 Å². The van der Waals surface area contributed by atoms with Crippen molar-refractivity contribution in [2.45, 2.75) is 30.7 Å². The van der Waals surface area contributed by atoms with E-state index in [-0.39, 0.29) is 5.91 Å². The van der Waals surface area contributed by atoms with Gasteiger partial charge in [-0.05, 0) is 48.6 Å². The molecule has 6 heteroatoms. The Hall–Kier alpha value is -2.34. The Morgan fingerprint density at radius 3 is 2.41 bits per heavy atom. The van der Waals surface area contributed by atoms with Crippen molar-refractivity contribution in [1.82, 2.24) is 5.32 Å². The van der Waals surface area contributed by atoms with Gasteiger partial charge in [-0.15, -0.1) is 11.8 Å². The van der Waals surface area contributed by atoms with Gasteiger partial charge in [-0.1, -0.05) is 6.07 Å². The molecule has 0 radical (unpaired) electrons. The van der Waals surface area contributed by atoms with Gasteiger partial charge in [-0.3, -0.25) is 4.79 Å². The van der Waals surface area contributed by atoms with Gasteiger partial charge in [0.15, 0.2) is 11.5 Å². The number of fused-ring (bicyclic) bond motifs is 1. The summed E-state index contributed by atoms with van der Waals surface area (Å²) in [6, 6.07) is 10.1. The van der Waals surface area contributed by atoms with Gasteiger partial charge < -0.3 is 19.5 Å². The molecule has 0 spiro atoms. The minimum atomic E-state index is -0.0164. The largest absolute Gasteiger partial charge is 0.496 e. The average molecular weight is 388 g/mol.